The molecule has 1 amide bonds. The van der Waals surface area contributed by atoms with E-state index in [4.69, 9.17) is 4.74 Å². The fraction of sp³-hybridized carbons (Fsp3) is 0.632. The van der Waals surface area contributed by atoms with Crippen molar-refractivity contribution >= 4 is 15.9 Å². The second-order valence-corrected chi connectivity index (χ2v) is 9.35. The molecule has 7 heteroatoms. The molecule has 2 saturated carbocycles. The minimum Gasteiger partial charge on any atom is -0.497 e. The van der Waals surface area contributed by atoms with Crippen molar-refractivity contribution in [1.29, 1.82) is 0 Å². The average Bonchev–Trinajstić information content (AvgIpc) is 3.45. The molecule has 6 nitrogen and oxygen atoms in total. The van der Waals surface area contributed by atoms with Crippen LogP contribution in [0.25, 0.3) is 0 Å². The van der Waals surface area contributed by atoms with Gasteiger partial charge >= 0.3 is 0 Å². The molecule has 26 heavy (non-hydrogen) atoms. The SMILES string of the molecule is COc1ccc(S(=O)(=O)NCC2(CC(=O)NC3CC3)CCCCC2)cc1. The lowest BCUT2D eigenvalue weighted by Gasteiger charge is -2.37. The van der Waals surface area contributed by atoms with Gasteiger partial charge in [-0.25, -0.2) is 13.1 Å². The van der Waals surface area contributed by atoms with Crippen LogP contribution >= 0.6 is 0 Å². The molecule has 0 atom stereocenters. The van der Waals surface area contributed by atoms with Gasteiger partial charge in [0.05, 0.1) is 12.0 Å². The number of rotatable bonds is 8. The Morgan fingerprint density at radius 3 is 2.38 bits per heavy atom. The lowest BCUT2D eigenvalue weighted by molar-refractivity contribution is -0.124. The smallest absolute Gasteiger partial charge is 0.240 e. The maximum Gasteiger partial charge on any atom is 0.240 e. The summed E-state index contributed by atoms with van der Waals surface area (Å²) in [6.07, 6.45) is 7.52. The van der Waals surface area contributed by atoms with Crippen LogP contribution in [-0.4, -0.2) is 34.0 Å². The van der Waals surface area contributed by atoms with E-state index in [1.807, 2.05) is 0 Å². The van der Waals surface area contributed by atoms with Crippen LogP contribution in [0.15, 0.2) is 29.2 Å². The van der Waals surface area contributed by atoms with Crippen molar-refractivity contribution in [2.45, 2.75) is 62.3 Å². The zero-order valence-electron chi connectivity index (χ0n) is 15.3. The monoisotopic (exact) mass is 380 g/mol. The van der Waals surface area contributed by atoms with Gasteiger partial charge in [0, 0.05) is 19.0 Å². The first-order valence-corrected chi connectivity index (χ1v) is 10.8. The summed E-state index contributed by atoms with van der Waals surface area (Å²) >= 11 is 0. The summed E-state index contributed by atoms with van der Waals surface area (Å²) in [5.74, 6) is 0.669. The fourth-order valence-corrected chi connectivity index (χ4v) is 4.81. The van der Waals surface area contributed by atoms with Gasteiger partial charge in [-0.3, -0.25) is 4.79 Å². The summed E-state index contributed by atoms with van der Waals surface area (Å²) in [5, 5.41) is 3.04. The molecule has 2 fully saturated rings. The summed E-state index contributed by atoms with van der Waals surface area (Å²) in [6, 6.07) is 6.67. The predicted molar refractivity (Wildman–Crippen MR) is 99.5 cm³/mol. The first kappa shape index (κ1) is 19.2. The van der Waals surface area contributed by atoms with Gasteiger partial charge < -0.3 is 10.1 Å². The predicted octanol–water partition coefficient (Wildman–Crippen LogP) is 2.59. The Morgan fingerprint density at radius 2 is 1.81 bits per heavy atom. The molecule has 0 aromatic heterocycles. The van der Waals surface area contributed by atoms with E-state index in [9.17, 15) is 13.2 Å². The average molecular weight is 381 g/mol. The third kappa shape index (κ3) is 4.98. The summed E-state index contributed by atoms with van der Waals surface area (Å²) < 4.78 is 33.1. The van der Waals surface area contributed by atoms with Gasteiger partial charge in [-0.05, 0) is 55.4 Å². The second-order valence-electron chi connectivity index (χ2n) is 7.58. The maximum absolute atomic E-state index is 12.6. The third-order valence-corrected chi connectivity index (χ3v) is 6.82. The number of ether oxygens (including phenoxy) is 1. The zero-order chi connectivity index (χ0) is 18.6. The molecular weight excluding hydrogens is 352 g/mol. The maximum atomic E-state index is 12.6. The van der Waals surface area contributed by atoms with Crippen LogP contribution in [0.1, 0.15) is 51.4 Å². The zero-order valence-corrected chi connectivity index (χ0v) is 16.1. The van der Waals surface area contributed by atoms with Crippen LogP contribution in [0.4, 0.5) is 0 Å². The van der Waals surface area contributed by atoms with Gasteiger partial charge in [0.25, 0.3) is 0 Å². The van der Waals surface area contributed by atoms with Crippen LogP contribution in [0.3, 0.4) is 0 Å². The summed E-state index contributed by atoms with van der Waals surface area (Å²) in [5.41, 5.74) is -0.281. The molecular formula is C19H28N2O4S. The third-order valence-electron chi connectivity index (χ3n) is 5.40. The molecule has 144 valence electrons. The van der Waals surface area contributed by atoms with E-state index < -0.39 is 10.0 Å². The number of benzene rings is 1. The second kappa shape index (κ2) is 7.96. The number of sulfonamides is 1. The van der Waals surface area contributed by atoms with Gasteiger partial charge in [-0.2, -0.15) is 0 Å². The molecule has 0 aliphatic heterocycles. The number of carbonyl (C=O) groups is 1. The van der Waals surface area contributed by atoms with Crippen LogP contribution < -0.4 is 14.8 Å². The van der Waals surface area contributed by atoms with Crippen LogP contribution in [0.5, 0.6) is 5.75 Å². The highest BCUT2D eigenvalue weighted by Gasteiger charge is 2.36. The number of hydrogen-bond acceptors (Lipinski definition) is 4. The number of carbonyl (C=O) groups excluding carboxylic acids is 1. The molecule has 1 aromatic carbocycles. The van der Waals surface area contributed by atoms with Crippen molar-refractivity contribution in [3.05, 3.63) is 24.3 Å². The molecule has 1 aromatic rings. The highest BCUT2D eigenvalue weighted by molar-refractivity contribution is 7.89. The van der Waals surface area contributed by atoms with Gasteiger partial charge in [0.1, 0.15) is 5.75 Å². The Labute approximate surface area is 155 Å². The summed E-state index contributed by atoms with van der Waals surface area (Å²) in [7, 11) is -2.06. The number of methoxy groups -OCH3 is 1. The van der Waals surface area contributed by atoms with Crippen molar-refractivity contribution in [2.24, 2.45) is 5.41 Å². The van der Waals surface area contributed by atoms with Crippen molar-refractivity contribution < 1.29 is 17.9 Å². The summed E-state index contributed by atoms with van der Waals surface area (Å²) in [6.45, 7) is 0.305. The van der Waals surface area contributed by atoms with E-state index in [1.165, 1.54) is 12.1 Å². The van der Waals surface area contributed by atoms with Gasteiger partial charge in [-0.15, -0.1) is 0 Å². The van der Waals surface area contributed by atoms with E-state index in [-0.39, 0.29) is 16.2 Å². The summed E-state index contributed by atoms with van der Waals surface area (Å²) in [4.78, 5) is 12.5. The molecule has 0 heterocycles. The van der Waals surface area contributed by atoms with Crippen molar-refractivity contribution in [3.63, 3.8) is 0 Å². The van der Waals surface area contributed by atoms with Crippen molar-refractivity contribution in [1.82, 2.24) is 10.0 Å². The first-order chi connectivity index (χ1) is 12.4. The Morgan fingerprint density at radius 1 is 1.15 bits per heavy atom. The molecule has 2 aliphatic carbocycles. The Kier molecular flexibility index (Phi) is 5.87. The molecule has 0 saturated heterocycles. The Hall–Kier alpha value is -1.60. The van der Waals surface area contributed by atoms with Crippen LogP contribution in [0.2, 0.25) is 0 Å². The molecule has 2 aliphatic rings. The van der Waals surface area contributed by atoms with Crippen LogP contribution in [0, 0.1) is 5.41 Å². The molecule has 2 N–H and O–H groups in total. The number of amides is 1. The first-order valence-electron chi connectivity index (χ1n) is 9.36. The standard InChI is InChI=1S/C19H28N2O4S/c1-25-16-7-9-17(10-8-16)26(23,24)20-14-19(11-3-2-4-12-19)13-18(22)21-15-5-6-15/h7-10,15,20H,2-6,11-14H2,1H3,(H,21,22). The molecule has 0 unspecified atom stereocenters. The van der Waals surface area contributed by atoms with Crippen molar-refractivity contribution in [2.75, 3.05) is 13.7 Å². The van der Waals surface area contributed by atoms with Gasteiger partial charge in [0.2, 0.25) is 15.9 Å². The number of hydrogen-bond donors (Lipinski definition) is 2. The number of nitrogens with one attached hydrogen (secondary N) is 2. The van der Waals surface area contributed by atoms with Gasteiger partial charge in [-0.1, -0.05) is 19.3 Å². The minimum atomic E-state index is -3.61. The van der Waals surface area contributed by atoms with E-state index in [0.717, 1.165) is 44.9 Å². The quantitative estimate of drug-likeness (QED) is 0.726. The molecule has 3 rings (SSSR count). The largest absolute Gasteiger partial charge is 0.497 e. The molecule has 0 spiro atoms. The topological polar surface area (TPSA) is 84.5 Å². The highest BCUT2D eigenvalue weighted by Crippen LogP contribution is 2.39. The normalized spacial score (nSPS) is 19.7. The fourth-order valence-electron chi connectivity index (χ4n) is 3.65. The van der Waals surface area contributed by atoms with E-state index >= 15 is 0 Å². The molecule has 0 radical (unpaired) electrons. The Bertz CT molecular complexity index is 720. The molecule has 0 bridgehead atoms. The van der Waals surface area contributed by atoms with E-state index in [2.05, 4.69) is 10.0 Å². The van der Waals surface area contributed by atoms with Crippen LogP contribution in [-0.2, 0) is 14.8 Å². The van der Waals surface area contributed by atoms with E-state index in [0.29, 0.717) is 24.8 Å². The van der Waals surface area contributed by atoms with Gasteiger partial charge in [0.15, 0.2) is 0 Å². The Balaban J connectivity index is 1.66. The lowest BCUT2D eigenvalue weighted by Crippen LogP contribution is -2.42. The minimum absolute atomic E-state index is 0.0537. The highest BCUT2D eigenvalue weighted by atomic mass is 32.2. The van der Waals surface area contributed by atoms with E-state index in [1.54, 1.807) is 19.2 Å². The lowest BCUT2D eigenvalue weighted by atomic mass is 9.71. The van der Waals surface area contributed by atoms with Crippen molar-refractivity contribution in [3.8, 4) is 5.75 Å².